The number of hydrogen-bond acceptors (Lipinski definition) is 7. The quantitative estimate of drug-likeness (QED) is 0.567. The lowest BCUT2D eigenvalue weighted by atomic mass is 10.5. The number of methoxy groups -OCH3 is 1. The molecular formula is C9H10N2O5S2. The number of carbonyl (C=O) groups excluding carboxylic acids is 1. The van der Waals surface area contributed by atoms with Crippen molar-refractivity contribution in [1.29, 1.82) is 0 Å². The van der Waals surface area contributed by atoms with E-state index < -0.39 is 21.7 Å². The molecule has 0 fully saturated rings. The van der Waals surface area contributed by atoms with Gasteiger partial charge in [0.1, 0.15) is 6.61 Å². The Balaban J connectivity index is 2.73. The van der Waals surface area contributed by atoms with Crippen LogP contribution in [0.15, 0.2) is 6.20 Å². The van der Waals surface area contributed by atoms with Crippen LogP contribution in [0.5, 0.6) is 0 Å². The second kappa shape index (κ2) is 6.34. The first-order valence-electron chi connectivity index (χ1n) is 4.59. The number of esters is 1. The van der Waals surface area contributed by atoms with E-state index in [0.29, 0.717) is 4.88 Å². The van der Waals surface area contributed by atoms with Gasteiger partial charge < -0.3 is 9.84 Å². The lowest BCUT2D eigenvalue weighted by molar-refractivity contribution is -0.137. The second-order valence-corrected chi connectivity index (χ2v) is 5.68. The van der Waals surface area contributed by atoms with E-state index in [1.54, 1.807) is 0 Å². The van der Waals surface area contributed by atoms with Crippen molar-refractivity contribution in [3.8, 4) is 11.8 Å². The lowest BCUT2D eigenvalue weighted by Crippen LogP contribution is -2.23. The minimum Gasteiger partial charge on any atom is -0.468 e. The van der Waals surface area contributed by atoms with Gasteiger partial charge in [0.15, 0.2) is 10.9 Å². The van der Waals surface area contributed by atoms with Crippen molar-refractivity contribution in [1.82, 2.24) is 4.98 Å². The van der Waals surface area contributed by atoms with Gasteiger partial charge in [-0.2, -0.15) is 0 Å². The monoisotopic (exact) mass is 290 g/mol. The largest absolute Gasteiger partial charge is 0.468 e. The maximum atomic E-state index is 11.5. The maximum absolute atomic E-state index is 11.5. The molecule has 0 unspecified atom stereocenters. The Morgan fingerprint density at radius 2 is 2.39 bits per heavy atom. The number of hydrogen-bond donors (Lipinski definition) is 2. The molecule has 0 saturated heterocycles. The molecule has 0 aromatic carbocycles. The Morgan fingerprint density at radius 1 is 1.67 bits per heavy atom. The molecule has 0 amide bonds. The van der Waals surface area contributed by atoms with Crippen LogP contribution in [0.4, 0.5) is 5.13 Å². The molecule has 1 aromatic rings. The number of aliphatic hydroxyl groups is 1. The number of ether oxygens (including phenoxy) is 1. The van der Waals surface area contributed by atoms with Crippen LogP contribution in [0.25, 0.3) is 0 Å². The topological polar surface area (TPSA) is 106 Å². The van der Waals surface area contributed by atoms with E-state index in [2.05, 4.69) is 26.3 Å². The summed E-state index contributed by atoms with van der Waals surface area (Å²) in [5, 5.41) is 8.59. The van der Waals surface area contributed by atoms with Gasteiger partial charge in [0.2, 0.25) is 10.0 Å². The van der Waals surface area contributed by atoms with Crippen molar-refractivity contribution >= 4 is 32.5 Å². The third-order valence-electron chi connectivity index (χ3n) is 1.57. The second-order valence-electron chi connectivity index (χ2n) is 2.93. The first kappa shape index (κ1) is 14.4. The highest BCUT2D eigenvalue weighted by Crippen LogP contribution is 2.18. The third kappa shape index (κ3) is 4.70. The predicted molar refractivity (Wildman–Crippen MR) is 65.5 cm³/mol. The summed E-state index contributed by atoms with van der Waals surface area (Å²) in [5.41, 5.74) is 0. The van der Waals surface area contributed by atoms with Gasteiger partial charge in [-0.3, -0.25) is 9.52 Å². The van der Waals surface area contributed by atoms with Crippen LogP contribution in [0, 0.1) is 11.8 Å². The molecule has 18 heavy (non-hydrogen) atoms. The molecule has 0 bridgehead atoms. The number of nitrogens with one attached hydrogen (secondary N) is 1. The summed E-state index contributed by atoms with van der Waals surface area (Å²) in [7, 11) is -2.73. The number of sulfonamides is 1. The predicted octanol–water partition coefficient (Wildman–Crippen LogP) is -0.598. The minimum absolute atomic E-state index is 0.0983. The molecule has 0 aliphatic heterocycles. The van der Waals surface area contributed by atoms with Gasteiger partial charge in [-0.1, -0.05) is 23.2 Å². The summed E-state index contributed by atoms with van der Waals surface area (Å²) in [6, 6.07) is 0. The average Bonchev–Trinajstić information content (AvgIpc) is 2.72. The van der Waals surface area contributed by atoms with E-state index in [4.69, 9.17) is 5.11 Å². The van der Waals surface area contributed by atoms with E-state index in [1.165, 1.54) is 6.20 Å². The standard InChI is InChI=1S/C9H10N2O5S2/c1-16-8(13)6-18(14,15)11-9-10-5-7(17-9)3-2-4-12/h5,12H,4,6H2,1H3,(H,10,11). The van der Waals surface area contributed by atoms with Gasteiger partial charge in [0.25, 0.3) is 0 Å². The Kier molecular flexibility index (Phi) is 5.08. The van der Waals surface area contributed by atoms with Crippen LogP contribution in [-0.4, -0.2) is 43.9 Å². The number of aliphatic hydroxyl groups excluding tert-OH is 1. The number of nitrogens with zero attached hydrogens (tertiary/aromatic N) is 1. The zero-order valence-electron chi connectivity index (χ0n) is 9.34. The first-order chi connectivity index (χ1) is 8.46. The number of thiazole rings is 1. The van der Waals surface area contributed by atoms with Crippen LogP contribution < -0.4 is 4.72 Å². The molecule has 1 aromatic heterocycles. The fourth-order valence-corrected chi connectivity index (χ4v) is 2.80. The number of anilines is 1. The number of carbonyl (C=O) groups is 1. The molecule has 9 heteroatoms. The third-order valence-corrected chi connectivity index (χ3v) is 3.65. The van der Waals surface area contributed by atoms with Gasteiger partial charge in [-0.15, -0.1) is 0 Å². The van der Waals surface area contributed by atoms with Crippen molar-refractivity contribution < 1.29 is 23.1 Å². The molecule has 0 spiro atoms. The van der Waals surface area contributed by atoms with Crippen molar-refractivity contribution in [2.24, 2.45) is 0 Å². The van der Waals surface area contributed by atoms with Crippen LogP contribution in [0.2, 0.25) is 0 Å². The minimum atomic E-state index is -3.83. The normalized spacial score (nSPS) is 10.3. The highest BCUT2D eigenvalue weighted by Gasteiger charge is 2.18. The fourth-order valence-electron chi connectivity index (χ4n) is 0.889. The molecule has 1 rings (SSSR count). The summed E-state index contributed by atoms with van der Waals surface area (Å²) >= 11 is 0.996. The van der Waals surface area contributed by atoms with Gasteiger partial charge in [0, 0.05) is 0 Å². The molecule has 0 radical (unpaired) electrons. The summed E-state index contributed by atoms with van der Waals surface area (Å²) in [5.74, 6) is 3.35. The molecule has 0 saturated carbocycles. The van der Waals surface area contributed by atoms with Crippen molar-refractivity contribution in [2.75, 3.05) is 24.2 Å². The molecule has 0 aliphatic rings. The van der Waals surface area contributed by atoms with E-state index in [0.717, 1.165) is 18.4 Å². The van der Waals surface area contributed by atoms with E-state index in [9.17, 15) is 13.2 Å². The average molecular weight is 290 g/mol. The lowest BCUT2D eigenvalue weighted by Gasteiger charge is -2.02. The molecule has 2 N–H and O–H groups in total. The zero-order valence-corrected chi connectivity index (χ0v) is 11.0. The molecule has 1 heterocycles. The van der Waals surface area contributed by atoms with Crippen LogP contribution >= 0.6 is 11.3 Å². The van der Waals surface area contributed by atoms with E-state index >= 15 is 0 Å². The van der Waals surface area contributed by atoms with Gasteiger partial charge in [-0.25, -0.2) is 13.4 Å². The fraction of sp³-hybridized carbons (Fsp3) is 0.333. The van der Waals surface area contributed by atoms with E-state index in [1.807, 2.05) is 0 Å². The maximum Gasteiger partial charge on any atom is 0.322 e. The summed E-state index contributed by atoms with van der Waals surface area (Å²) < 4.78 is 29.3. The Hall–Kier alpha value is -1.63. The molecular weight excluding hydrogens is 280 g/mol. The molecule has 98 valence electrons. The van der Waals surface area contributed by atoms with Crippen molar-refractivity contribution in [3.63, 3.8) is 0 Å². The smallest absolute Gasteiger partial charge is 0.322 e. The molecule has 7 nitrogen and oxygen atoms in total. The highest BCUT2D eigenvalue weighted by atomic mass is 32.2. The molecule has 0 atom stereocenters. The molecule has 0 aliphatic carbocycles. The van der Waals surface area contributed by atoms with Gasteiger partial charge in [0.05, 0.1) is 18.2 Å². The van der Waals surface area contributed by atoms with E-state index in [-0.39, 0.29) is 11.7 Å². The number of rotatable bonds is 4. The van der Waals surface area contributed by atoms with Gasteiger partial charge in [-0.05, 0) is 0 Å². The van der Waals surface area contributed by atoms with Gasteiger partial charge >= 0.3 is 5.97 Å². The van der Waals surface area contributed by atoms with Crippen LogP contribution in [-0.2, 0) is 19.6 Å². The first-order valence-corrected chi connectivity index (χ1v) is 7.06. The summed E-state index contributed by atoms with van der Waals surface area (Å²) in [6.07, 6.45) is 1.36. The summed E-state index contributed by atoms with van der Waals surface area (Å²) in [4.78, 5) is 15.1. The number of aromatic nitrogens is 1. The highest BCUT2D eigenvalue weighted by molar-refractivity contribution is 7.93. The van der Waals surface area contributed by atoms with Crippen LogP contribution in [0.1, 0.15) is 4.88 Å². The Morgan fingerprint density at radius 3 is 3.00 bits per heavy atom. The Labute approximate surface area is 108 Å². The van der Waals surface area contributed by atoms with Crippen molar-refractivity contribution in [2.45, 2.75) is 0 Å². The Bertz CT molecular complexity index is 582. The summed E-state index contributed by atoms with van der Waals surface area (Å²) in [6.45, 7) is -0.290. The van der Waals surface area contributed by atoms with Crippen molar-refractivity contribution in [3.05, 3.63) is 11.1 Å². The SMILES string of the molecule is COC(=O)CS(=O)(=O)Nc1ncc(C#CCO)s1. The van der Waals surface area contributed by atoms with Crippen LogP contribution in [0.3, 0.4) is 0 Å². The zero-order chi connectivity index (χ0) is 13.6.